The normalized spacial score (nSPS) is 18.8. The van der Waals surface area contributed by atoms with Gasteiger partial charge in [-0.2, -0.15) is 0 Å². The van der Waals surface area contributed by atoms with Crippen LogP contribution in [0, 0.1) is 13.8 Å². The number of rotatable bonds is 6. The van der Waals surface area contributed by atoms with Crippen LogP contribution >= 0.6 is 11.9 Å². The van der Waals surface area contributed by atoms with Crippen LogP contribution in [-0.2, 0) is 0 Å². The summed E-state index contributed by atoms with van der Waals surface area (Å²) in [6.07, 6.45) is 2.21. The molecule has 1 aliphatic carbocycles. The molecule has 2 N–H and O–H groups in total. The number of aromatic nitrogens is 2. The van der Waals surface area contributed by atoms with E-state index in [1.54, 1.807) is 0 Å². The summed E-state index contributed by atoms with van der Waals surface area (Å²) in [5, 5.41) is 0. The van der Waals surface area contributed by atoms with Crippen molar-refractivity contribution in [1.29, 1.82) is 0 Å². The number of benzene rings is 2. The zero-order valence-corrected chi connectivity index (χ0v) is 22.8. The van der Waals surface area contributed by atoms with Gasteiger partial charge in [-0.25, -0.2) is 13.8 Å². The number of alkyl halides is 2. The molecule has 0 atom stereocenters. The molecule has 0 amide bonds. The molecule has 9 heteroatoms. The number of nitrogens with one attached hydrogen (secondary N) is 2. The van der Waals surface area contributed by atoms with Gasteiger partial charge in [-0.15, -0.1) is 0 Å². The number of halogens is 2. The summed E-state index contributed by atoms with van der Waals surface area (Å²) in [7, 11) is 0. The van der Waals surface area contributed by atoms with Crippen LogP contribution in [0.3, 0.4) is 0 Å². The van der Waals surface area contributed by atoms with Crippen LogP contribution in [0.2, 0.25) is 0 Å². The Kier molecular flexibility index (Phi) is 8.04. The lowest BCUT2D eigenvalue weighted by Gasteiger charge is -2.36. The van der Waals surface area contributed by atoms with Gasteiger partial charge < -0.3 is 4.90 Å². The molecule has 0 bridgehead atoms. The van der Waals surface area contributed by atoms with Crippen LogP contribution in [0.4, 0.5) is 20.4 Å². The average molecular weight is 540 g/mol. The number of hydrogen-bond acceptors (Lipinski definition) is 6. The van der Waals surface area contributed by atoms with E-state index in [0.717, 1.165) is 59.9 Å². The first-order valence-corrected chi connectivity index (χ1v) is 14.2. The Balaban J connectivity index is 1.23. The van der Waals surface area contributed by atoms with E-state index in [4.69, 9.17) is 0 Å². The highest BCUT2D eigenvalue weighted by molar-refractivity contribution is 8.00. The Hall–Kier alpha value is -2.91. The number of anilines is 2. The monoisotopic (exact) mass is 539 g/mol. The highest BCUT2D eigenvalue weighted by Gasteiger charge is 2.37. The molecule has 5 rings (SSSR count). The van der Waals surface area contributed by atoms with E-state index in [9.17, 15) is 13.6 Å². The molecule has 2 aliphatic rings. The number of H-pyrrole nitrogens is 1. The first kappa shape index (κ1) is 26.7. The van der Waals surface area contributed by atoms with Crippen molar-refractivity contribution in [3.8, 4) is 11.3 Å². The minimum atomic E-state index is -2.48. The Bertz CT molecular complexity index is 1300. The lowest BCUT2D eigenvalue weighted by atomic mass is 9.91. The highest BCUT2D eigenvalue weighted by atomic mass is 32.2. The van der Waals surface area contributed by atoms with E-state index in [0.29, 0.717) is 24.5 Å². The second-order valence-corrected chi connectivity index (χ2v) is 11.3. The molecular formula is C29H35F2N5OS. The molecule has 0 radical (unpaired) electrons. The number of aryl methyl sites for hydroxylation is 2. The first-order valence-electron chi connectivity index (χ1n) is 13.4. The minimum absolute atomic E-state index is 0.0116. The van der Waals surface area contributed by atoms with Crippen molar-refractivity contribution in [3.63, 3.8) is 0 Å². The molecule has 38 heavy (non-hydrogen) atoms. The maximum Gasteiger partial charge on any atom is 0.252 e. The van der Waals surface area contributed by atoms with Gasteiger partial charge in [0.05, 0.1) is 5.69 Å². The smallest absolute Gasteiger partial charge is 0.252 e. The van der Waals surface area contributed by atoms with Gasteiger partial charge in [-0.3, -0.25) is 19.4 Å². The van der Waals surface area contributed by atoms with Gasteiger partial charge in [0.1, 0.15) is 0 Å². The lowest BCUT2D eigenvalue weighted by Crippen LogP contribution is -2.42. The van der Waals surface area contributed by atoms with Crippen molar-refractivity contribution in [2.24, 2.45) is 0 Å². The summed E-state index contributed by atoms with van der Waals surface area (Å²) in [4.78, 5) is 25.7. The Morgan fingerprint density at radius 3 is 2.50 bits per heavy atom. The third-order valence-corrected chi connectivity index (χ3v) is 8.45. The fraction of sp³-hybridized carbons (Fsp3) is 0.448. The van der Waals surface area contributed by atoms with Gasteiger partial charge in [-0.1, -0.05) is 24.3 Å². The summed E-state index contributed by atoms with van der Waals surface area (Å²) in [6, 6.07) is 16.2. The summed E-state index contributed by atoms with van der Waals surface area (Å²) in [5.41, 5.74) is 4.71. The molecule has 0 spiro atoms. The lowest BCUT2D eigenvalue weighted by molar-refractivity contribution is -0.0531. The van der Waals surface area contributed by atoms with Crippen LogP contribution in [-0.4, -0.2) is 53.0 Å². The largest absolute Gasteiger partial charge is 0.370 e. The van der Waals surface area contributed by atoms with Gasteiger partial charge >= 0.3 is 0 Å². The molecular weight excluding hydrogens is 504 g/mol. The van der Waals surface area contributed by atoms with Crippen molar-refractivity contribution in [1.82, 2.24) is 14.9 Å². The van der Waals surface area contributed by atoms with Crippen LogP contribution in [0.1, 0.15) is 43.2 Å². The van der Waals surface area contributed by atoms with E-state index in [-0.39, 0.29) is 24.4 Å². The van der Waals surface area contributed by atoms with Gasteiger partial charge in [0.2, 0.25) is 11.9 Å². The van der Waals surface area contributed by atoms with Crippen LogP contribution in [0.25, 0.3) is 11.3 Å². The predicted molar refractivity (Wildman–Crippen MR) is 151 cm³/mol. The zero-order valence-electron chi connectivity index (χ0n) is 22.0. The fourth-order valence-corrected chi connectivity index (χ4v) is 6.29. The Morgan fingerprint density at radius 1 is 1.00 bits per heavy atom. The van der Waals surface area contributed by atoms with Gasteiger partial charge in [0.25, 0.3) is 5.56 Å². The average Bonchev–Trinajstić information content (AvgIpc) is 3.14. The van der Waals surface area contributed by atoms with Crippen molar-refractivity contribution < 1.29 is 8.78 Å². The summed E-state index contributed by atoms with van der Waals surface area (Å²) in [5.74, 6) is -2.07. The second-order valence-electron chi connectivity index (χ2n) is 10.4. The van der Waals surface area contributed by atoms with Crippen molar-refractivity contribution >= 4 is 23.6 Å². The van der Waals surface area contributed by atoms with E-state index in [1.165, 1.54) is 18.0 Å². The van der Waals surface area contributed by atoms with E-state index in [2.05, 4.69) is 36.6 Å². The molecule has 6 nitrogen and oxygen atoms in total. The quantitative estimate of drug-likeness (QED) is 0.361. The fourth-order valence-electron chi connectivity index (χ4n) is 5.65. The Morgan fingerprint density at radius 2 is 1.74 bits per heavy atom. The molecule has 202 valence electrons. The first-order chi connectivity index (χ1) is 18.3. The third-order valence-electron chi connectivity index (χ3n) is 7.66. The van der Waals surface area contributed by atoms with Gasteiger partial charge in [0, 0.05) is 67.3 Å². The molecule has 1 saturated heterocycles. The number of hydrogen-bond donors (Lipinski definition) is 2. The maximum atomic E-state index is 13.6. The molecule has 1 aliphatic heterocycles. The maximum absolute atomic E-state index is 13.6. The topological polar surface area (TPSA) is 64.3 Å². The zero-order chi connectivity index (χ0) is 26.7. The molecule has 2 fully saturated rings. The second kappa shape index (κ2) is 11.5. The van der Waals surface area contributed by atoms with E-state index < -0.39 is 5.92 Å². The van der Waals surface area contributed by atoms with Gasteiger partial charge in [0.15, 0.2) is 0 Å². The van der Waals surface area contributed by atoms with Gasteiger partial charge in [-0.05, 0) is 74.4 Å². The summed E-state index contributed by atoms with van der Waals surface area (Å²) < 4.78 is 30.4. The van der Waals surface area contributed by atoms with Crippen LogP contribution in [0.5, 0.6) is 0 Å². The molecule has 1 saturated carbocycles. The molecule has 3 aromatic rings. The van der Waals surface area contributed by atoms with Crippen molar-refractivity contribution in [3.05, 3.63) is 70.0 Å². The van der Waals surface area contributed by atoms with Crippen molar-refractivity contribution in [2.45, 2.75) is 62.8 Å². The predicted octanol–water partition coefficient (Wildman–Crippen LogP) is 6.26. The molecule has 1 aromatic heterocycles. The molecule has 2 aromatic carbocycles. The van der Waals surface area contributed by atoms with Crippen LogP contribution < -0.4 is 15.2 Å². The molecule has 2 heterocycles. The SMILES string of the molecule is Cc1cccc(C)c1-c1cc(=O)[nH]c(NSc2cccc(N3CCCN(C4CCC(F)(F)CC4)CC3)c2)n1. The summed E-state index contributed by atoms with van der Waals surface area (Å²) in [6.45, 7) is 7.71. The highest BCUT2D eigenvalue weighted by Crippen LogP contribution is 2.35. The van der Waals surface area contributed by atoms with E-state index in [1.807, 2.05) is 44.2 Å². The standard InChI is InChI=1S/C29H35F2N5OS/c1-20-6-3-7-21(2)27(20)25-19-26(37)33-28(32-25)34-38-24-9-4-8-23(18-24)36-15-5-14-35(16-17-36)22-10-12-29(30,31)13-11-22/h3-4,6-9,18-19,22H,5,10-17H2,1-2H3,(H2,32,33,34,37). The van der Waals surface area contributed by atoms with E-state index >= 15 is 0 Å². The number of aromatic amines is 1. The third kappa shape index (κ3) is 6.38. The molecule has 0 unspecified atom stereocenters. The Labute approximate surface area is 227 Å². The summed E-state index contributed by atoms with van der Waals surface area (Å²) >= 11 is 1.41. The van der Waals surface area contributed by atoms with Crippen LogP contribution in [0.15, 0.2) is 58.2 Å². The minimum Gasteiger partial charge on any atom is -0.370 e. The van der Waals surface area contributed by atoms with Crippen molar-refractivity contribution in [2.75, 3.05) is 35.8 Å². The number of nitrogens with zero attached hydrogens (tertiary/aromatic N) is 3.